The van der Waals surface area contributed by atoms with E-state index in [1.807, 2.05) is 6.92 Å². The highest BCUT2D eigenvalue weighted by Gasteiger charge is 1.76. The van der Waals surface area contributed by atoms with Crippen LogP contribution in [0.5, 0.6) is 0 Å². The lowest BCUT2D eigenvalue weighted by Crippen LogP contribution is -1.70. The topological polar surface area (TPSA) is 0 Å². The zero-order valence-corrected chi connectivity index (χ0v) is 5.35. The highest BCUT2D eigenvalue weighted by molar-refractivity contribution is 7.16. The molecule has 1 unspecified atom stereocenters. The maximum Gasteiger partial charge on any atom is -0.0291 e. The predicted molar refractivity (Wildman–Crippen MR) is 34.0 cm³/mol. The first-order chi connectivity index (χ1) is 2.77. The molecule has 0 saturated carbocycles. The van der Waals surface area contributed by atoms with Gasteiger partial charge >= 0.3 is 0 Å². The van der Waals surface area contributed by atoms with Crippen LogP contribution in [0.15, 0.2) is 12.2 Å². The smallest absolute Gasteiger partial charge is 0.0291 e. The third-order valence-electron chi connectivity index (χ3n) is 0.571. The van der Waals surface area contributed by atoms with E-state index < -0.39 is 0 Å². The number of allylic oxidation sites excluding steroid dienone is 1. The van der Waals surface area contributed by atoms with Gasteiger partial charge in [0.1, 0.15) is 0 Å². The lowest BCUT2D eigenvalue weighted by Gasteiger charge is -1.87. The van der Waals surface area contributed by atoms with Crippen molar-refractivity contribution in [1.82, 2.24) is 0 Å². The summed E-state index contributed by atoms with van der Waals surface area (Å²) in [5.74, 6) is 0. The molecule has 36 valence electrons. The van der Waals surface area contributed by atoms with E-state index in [-0.39, 0.29) is 0 Å². The van der Waals surface area contributed by atoms with Crippen molar-refractivity contribution < 1.29 is 0 Å². The molecule has 0 N–H and O–H groups in total. The lowest BCUT2D eigenvalue weighted by atomic mass is 10.3. The summed E-state index contributed by atoms with van der Waals surface area (Å²) < 4.78 is 0. The minimum atomic E-state index is 1.14. The molecule has 0 aromatic rings. The first-order valence-electron chi connectivity index (χ1n) is 2.12. The van der Waals surface area contributed by atoms with Gasteiger partial charge in [-0.15, -0.1) is 15.8 Å². The van der Waals surface area contributed by atoms with Crippen LogP contribution in [0.2, 0.25) is 0 Å². The Bertz CT molecular complexity index is 47.9. The standard InChI is InChI=1S/C5H11P/c1-5(2)3-4-6/h1,3-4,6H2,2H3. The monoisotopic (exact) mass is 102 g/mol. The van der Waals surface area contributed by atoms with Gasteiger partial charge in [0.2, 0.25) is 0 Å². The Morgan fingerprint density at radius 2 is 2.33 bits per heavy atom. The van der Waals surface area contributed by atoms with Crippen LogP contribution in [0.4, 0.5) is 0 Å². The van der Waals surface area contributed by atoms with Crippen LogP contribution in [-0.2, 0) is 0 Å². The van der Waals surface area contributed by atoms with Crippen LogP contribution in [0.1, 0.15) is 13.3 Å². The van der Waals surface area contributed by atoms with Gasteiger partial charge < -0.3 is 0 Å². The summed E-state index contributed by atoms with van der Waals surface area (Å²) >= 11 is 0. The van der Waals surface area contributed by atoms with Crippen molar-refractivity contribution >= 4 is 9.24 Å². The predicted octanol–water partition coefficient (Wildman–Crippen LogP) is 1.83. The van der Waals surface area contributed by atoms with E-state index in [2.05, 4.69) is 15.8 Å². The van der Waals surface area contributed by atoms with E-state index in [0.29, 0.717) is 0 Å². The molecule has 0 bridgehead atoms. The molecule has 0 aromatic carbocycles. The molecule has 0 rings (SSSR count). The van der Waals surface area contributed by atoms with Crippen molar-refractivity contribution in [2.24, 2.45) is 0 Å². The van der Waals surface area contributed by atoms with Crippen LogP contribution in [0, 0.1) is 0 Å². The molecular weight excluding hydrogens is 91.0 g/mol. The van der Waals surface area contributed by atoms with Crippen molar-refractivity contribution in [2.45, 2.75) is 13.3 Å². The van der Waals surface area contributed by atoms with Gasteiger partial charge in [-0.25, -0.2) is 0 Å². The average Bonchev–Trinajstić information content (AvgIpc) is 1.35. The lowest BCUT2D eigenvalue weighted by molar-refractivity contribution is 1.13. The summed E-state index contributed by atoms with van der Waals surface area (Å²) in [7, 11) is 2.66. The van der Waals surface area contributed by atoms with Crippen molar-refractivity contribution in [3.05, 3.63) is 12.2 Å². The normalized spacial score (nSPS) is 8.33. The molecule has 0 aliphatic heterocycles. The fourth-order valence-electron chi connectivity index (χ4n) is 0.246. The molecule has 6 heavy (non-hydrogen) atoms. The van der Waals surface area contributed by atoms with E-state index in [4.69, 9.17) is 0 Å². The van der Waals surface area contributed by atoms with Crippen LogP contribution >= 0.6 is 9.24 Å². The van der Waals surface area contributed by atoms with Crippen molar-refractivity contribution in [3.8, 4) is 0 Å². The highest BCUT2D eigenvalue weighted by Crippen LogP contribution is 1.96. The molecule has 1 atom stereocenters. The number of hydrogen-bond acceptors (Lipinski definition) is 0. The van der Waals surface area contributed by atoms with Crippen molar-refractivity contribution in [3.63, 3.8) is 0 Å². The zero-order chi connectivity index (χ0) is 4.99. The fraction of sp³-hybridized carbons (Fsp3) is 0.600. The SMILES string of the molecule is C=C(C)CCP. The maximum atomic E-state index is 3.73. The Balaban J connectivity index is 2.83. The fourth-order valence-corrected chi connectivity index (χ4v) is 0.739. The molecule has 0 spiro atoms. The van der Waals surface area contributed by atoms with Crippen LogP contribution in [-0.4, -0.2) is 6.16 Å². The molecule has 0 fully saturated rings. The van der Waals surface area contributed by atoms with Gasteiger partial charge in [0.25, 0.3) is 0 Å². The molecule has 0 amide bonds. The molecule has 0 radical (unpaired) electrons. The number of rotatable bonds is 2. The second-order valence-corrected chi connectivity index (χ2v) is 2.07. The molecular formula is C5H11P. The molecule has 0 aliphatic carbocycles. The Hall–Kier alpha value is 0.170. The minimum absolute atomic E-state index is 1.14. The Labute approximate surface area is 41.8 Å². The average molecular weight is 102 g/mol. The maximum absolute atomic E-state index is 3.73. The second-order valence-electron chi connectivity index (χ2n) is 1.50. The second kappa shape index (κ2) is 3.36. The minimum Gasteiger partial charge on any atom is -0.137 e. The summed E-state index contributed by atoms with van der Waals surface area (Å²) in [6.45, 7) is 5.78. The Morgan fingerprint density at radius 1 is 1.83 bits per heavy atom. The van der Waals surface area contributed by atoms with Crippen LogP contribution < -0.4 is 0 Å². The largest absolute Gasteiger partial charge is 0.137 e. The zero-order valence-electron chi connectivity index (χ0n) is 4.20. The van der Waals surface area contributed by atoms with Crippen LogP contribution in [0.3, 0.4) is 0 Å². The van der Waals surface area contributed by atoms with Gasteiger partial charge in [0, 0.05) is 0 Å². The van der Waals surface area contributed by atoms with E-state index in [1.165, 1.54) is 5.57 Å². The summed E-state index contributed by atoms with van der Waals surface area (Å²) in [6.07, 6.45) is 2.29. The van der Waals surface area contributed by atoms with Crippen molar-refractivity contribution in [2.75, 3.05) is 6.16 Å². The Kier molecular flexibility index (Phi) is 3.46. The van der Waals surface area contributed by atoms with E-state index in [1.54, 1.807) is 0 Å². The summed E-state index contributed by atoms with van der Waals surface area (Å²) in [5.41, 5.74) is 1.27. The van der Waals surface area contributed by atoms with Gasteiger partial charge in [-0.1, -0.05) is 5.57 Å². The van der Waals surface area contributed by atoms with Gasteiger partial charge in [0.15, 0.2) is 0 Å². The quantitative estimate of drug-likeness (QED) is 0.368. The third-order valence-corrected chi connectivity index (χ3v) is 0.860. The molecule has 0 aromatic heterocycles. The third kappa shape index (κ3) is 4.17. The van der Waals surface area contributed by atoms with E-state index in [0.717, 1.165) is 12.6 Å². The molecule has 0 nitrogen and oxygen atoms in total. The first-order valence-corrected chi connectivity index (χ1v) is 2.93. The highest BCUT2D eigenvalue weighted by atomic mass is 31.0. The van der Waals surface area contributed by atoms with Gasteiger partial charge in [0.05, 0.1) is 0 Å². The van der Waals surface area contributed by atoms with Gasteiger partial charge in [-0.2, -0.15) is 0 Å². The Morgan fingerprint density at radius 3 is 2.33 bits per heavy atom. The first kappa shape index (κ1) is 6.17. The molecule has 1 heteroatoms. The summed E-state index contributed by atoms with van der Waals surface area (Å²) in [6, 6.07) is 0. The van der Waals surface area contributed by atoms with Crippen LogP contribution in [0.25, 0.3) is 0 Å². The summed E-state index contributed by atoms with van der Waals surface area (Å²) in [5, 5.41) is 0. The van der Waals surface area contributed by atoms with E-state index in [9.17, 15) is 0 Å². The summed E-state index contributed by atoms with van der Waals surface area (Å²) in [4.78, 5) is 0. The van der Waals surface area contributed by atoms with E-state index >= 15 is 0 Å². The molecule has 0 saturated heterocycles. The number of hydrogen-bond donors (Lipinski definition) is 0. The molecule has 0 aliphatic rings. The molecule has 0 heterocycles. The van der Waals surface area contributed by atoms with Gasteiger partial charge in [-0.05, 0) is 19.5 Å². The van der Waals surface area contributed by atoms with Gasteiger partial charge in [-0.3, -0.25) is 0 Å². The van der Waals surface area contributed by atoms with Crippen molar-refractivity contribution in [1.29, 1.82) is 0 Å².